The fourth-order valence-corrected chi connectivity index (χ4v) is 6.09. The van der Waals surface area contributed by atoms with Crippen molar-refractivity contribution in [2.24, 2.45) is 5.92 Å². The minimum Gasteiger partial charge on any atom is -0.351 e. The van der Waals surface area contributed by atoms with E-state index in [1.54, 1.807) is 23.5 Å². The minimum atomic E-state index is -3.50. The van der Waals surface area contributed by atoms with Gasteiger partial charge in [0.2, 0.25) is 15.9 Å². The van der Waals surface area contributed by atoms with Gasteiger partial charge in [-0.3, -0.25) is 4.79 Å². The molecule has 1 amide bonds. The van der Waals surface area contributed by atoms with Gasteiger partial charge in [0.05, 0.1) is 11.4 Å². The fourth-order valence-electron chi connectivity index (χ4n) is 3.15. The Balaban J connectivity index is 1.57. The molecule has 0 saturated carbocycles. The first-order chi connectivity index (χ1) is 12.8. The topological polar surface area (TPSA) is 66.5 Å². The van der Waals surface area contributed by atoms with Crippen LogP contribution in [-0.4, -0.2) is 31.7 Å². The number of nitrogens with one attached hydrogen (secondary N) is 1. The second-order valence-corrected chi connectivity index (χ2v) is 10.7. The van der Waals surface area contributed by atoms with Gasteiger partial charge in [-0.05, 0) is 71.9 Å². The fraction of sp³-hybridized carbons (Fsp3) is 0.421. The van der Waals surface area contributed by atoms with E-state index in [9.17, 15) is 13.2 Å². The van der Waals surface area contributed by atoms with Crippen molar-refractivity contribution in [3.63, 3.8) is 0 Å². The zero-order valence-corrected chi connectivity index (χ0v) is 18.6. The molecule has 3 rings (SSSR count). The summed E-state index contributed by atoms with van der Waals surface area (Å²) in [4.78, 5) is 13.8. The smallest absolute Gasteiger partial charge is 0.243 e. The van der Waals surface area contributed by atoms with Gasteiger partial charge in [0.25, 0.3) is 0 Å². The second-order valence-electron chi connectivity index (χ2n) is 6.87. The van der Waals surface area contributed by atoms with Crippen molar-refractivity contribution in [2.45, 2.75) is 38.1 Å². The molecule has 1 N–H and O–H groups in total. The lowest BCUT2D eigenvalue weighted by Crippen LogP contribution is -2.42. The third-order valence-electron chi connectivity index (χ3n) is 5.00. The van der Waals surface area contributed by atoms with Crippen molar-refractivity contribution in [2.75, 3.05) is 13.1 Å². The Hall–Kier alpha value is -1.22. The lowest BCUT2D eigenvalue weighted by molar-refractivity contribution is -0.126. The molecule has 1 fully saturated rings. The summed E-state index contributed by atoms with van der Waals surface area (Å²) in [5.74, 6) is -0.137. The highest BCUT2D eigenvalue weighted by Crippen LogP contribution is 2.25. The summed E-state index contributed by atoms with van der Waals surface area (Å²) < 4.78 is 28.2. The number of nitrogens with zero attached hydrogens (tertiary/aromatic N) is 1. The highest BCUT2D eigenvalue weighted by molar-refractivity contribution is 9.10. The van der Waals surface area contributed by atoms with E-state index >= 15 is 0 Å². The van der Waals surface area contributed by atoms with Gasteiger partial charge in [0.15, 0.2) is 0 Å². The second kappa shape index (κ2) is 8.43. The number of benzene rings is 1. The molecule has 2 aromatic rings. The SMILES string of the molecule is Cc1ccc(S(=O)(=O)N2CCC(C(=O)NCc3cc(Br)cs3)CC2)cc1C. The molecule has 0 bridgehead atoms. The maximum atomic E-state index is 12.9. The van der Waals surface area contributed by atoms with Gasteiger partial charge in [-0.1, -0.05) is 6.07 Å². The largest absolute Gasteiger partial charge is 0.351 e. The number of halogens is 1. The van der Waals surface area contributed by atoms with E-state index in [4.69, 9.17) is 0 Å². The number of hydrogen-bond donors (Lipinski definition) is 1. The van der Waals surface area contributed by atoms with Gasteiger partial charge >= 0.3 is 0 Å². The van der Waals surface area contributed by atoms with E-state index in [0.717, 1.165) is 20.5 Å². The summed E-state index contributed by atoms with van der Waals surface area (Å²) in [5.41, 5.74) is 2.03. The molecule has 0 unspecified atom stereocenters. The van der Waals surface area contributed by atoms with Gasteiger partial charge in [-0.15, -0.1) is 11.3 Å². The number of hydrogen-bond acceptors (Lipinski definition) is 4. The molecule has 1 aliphatic rings. The van der Waals surface area contributed by atoms with Gasteiger partial charge in [0.1, 0.15) is 0 Å². The first-order valence-corrected chi connectivity index (χ1v) is 12.0. The molecular formula is C19H23BrN2O3S2. The van der Waals surface area contributed by atoms with Crippen molar-refractivity contribution in [1.29, 1.82) is 0 Å². The van der Waals surface area contributed by atoms with Crippen LogP contribution in [-0.2, 0) is 21.4 Å². The number of aryl methyl sites for hydroxylation is 2. The van der Waals surface area contributed by atoms with E-state index in [1.165, 1.54) is 4.31 Å². The highest BCUT2D eigenvalue weighted by Gasteiger charge is 2.32. The lowest BCUT2D eigenvalue weighted by atomic mass is 9.97. The van der Waals surface area contributed by atoms with Crippen LogP contribution in [0.25, 0.3) is 0 Å². The number of sulfonamides is 1. The van der Waals surface area contributed by atoms with Crippen molar-refractivity contribution in [3.05, 3.63) is 50.1 Å². The Morgan fingerprint density at radius 3 is 2.52 bits per heavy atom. The molecule has 1 saturated heterocycles. The number of carbonyl (C=O) groups is 1. The molecule has 1 aromatic heterocycles. The van der Waals surface area contributed by atoms with E-state index in [0.29, 0.717) is 37.4 Å². The molecule has 1 aromatic carbocycles. The summed E-state index contributed by atoms with van der Waals surface area (Å²) in [6.07, 6.45) is 1.09. The molecule has 0 spiro atoms. The molecule has 5 nitrogen and oxygen atoms in total. The van der Waals surface area contributed by atoms with Crippen molar-refractivity contribution in [3.8, 4) is 0 Å². The maximum Gasteiger partial charge on any atom is 0.243 e. The molecule has 0 atom stereocenters. The van der Waals surface area contributed by atoms with Crippen molar-refractivity contribution in [1.82, 2.24) is 9.62 Å². The van der Waals surface area contributed by atoms with Crippen LogP contribution >= 0.6 is 27.3 Å². The van der Waals surface area contributed by atoms with E-state index in [2.05, 4.69) is 21.2 Å². The summed E-state index contributed by atoms with van der Waals surface area (Å²) >= 11 is 5.00. The van der Waals surface area contributed by atoms with Crippen LogP contribution in [0.3, 0.4) is 0 Å². The summed E-state index contributed by atoms with van der Waals surface area (Å²) in [6, 6.07) is 7.22. The molecule has 0 aliphatic carbocycles. The normalized spacial score (nSPS) is 16.4. The third-order valence-corrected chi connectivity index (χ3v) is 8.59. The van der Waals surface area contributed by atoms with Crippen molar-refractivity contribution < 1.29 is 13.2 Å². The standard InChI is InChI=1S/C19H23BrN2O3S2/c1-13-3-4-18(9-14(13)2)27(24,25)22-7-5-15(6-8-22)19(23)21-11-17-10-16(20)12-26-17/h3-4,9-10,12,15H,5-8,11H2,1-2H3,(H,21,23). The zero-order valence-electron chi connectivity index (χ0n) is 15.4. The van der Waals surface area contributed by atoms with Crippen LogP contribution in [0.5, 0.6) is 0 Å². The summed E-state index contributed by atoms with van der Waals surface area (Å²) in [7, 11) is -3.50. The highest BCUT2D eigenvalue weighted by atomic mass is 79.9. The first kappa shape index (κ1) is 20.5. The Morgan fingerprint density at radius 2 is 1.93 bits per heavy atom. The van der Waals surface area contributed by atoms with Crippen LogP contribution in [0.15, 0.2) is 39.0 Å². The predicted molar refractivity (Wildman–Crippen MR) is 111 cm³/mol. The molecule has 8 heteroatoms. The average Bonchev–Trinajstić information content (AvgIpc) is 3.07. The van der Waals surface area contributed by atoms with Crippen LogP contribution in [0.1, 0.15) is 28.8 Å². The maximum absolute atomic E-state index is 12.9. The third kappa shape index (κ3) is 4.80. The molecule has 2 heterocycles. The Morgan fingerprint density at radius 1 is 1.22 bits per heavy atom. The predicted octanol–water partition coefficient (Wildman–Crippen LogP) is 3.84. The van der Waals surface area contributed by atoms with E-state index < -0.39 is 10.0 Å². The van der Waals surface area contributed by atoms with Gasteiger partial charge in [0, 0.05) is 33.7 Å². The quantitative estimate of drug-likeness (QED) is 0.721. The molecule has 27 heavy (non-hydrogen) atoms. The van der Waals surface area contributed by atoms with Crippen LogP contribution in [0.2, 0.25) is 0 Å². The Bertz CT molecular complexity index is 932. The number of amides is 1. The van der Waals surface area contributed by atoms with Gasteiger partial charge < -0.3 is 5.32 Å². The lowest BCUT2D eigenvalue weighted by Gasteiger charge is -2.30. The number of thiophene rings is 1. The van der Waals surface area contributed by atoms with Crippen LogP contribution in [0.4, 0.5) is 0 Å². The number of piperidine rings is 1. The van der Waals surface area contributed by atoms with Gasteiger partial charge in [-0.2, -0.15) is 4.31 Å². The number of carbonyl (C=O) groups excluding carboxylic acids is 1. The van der Waals surface area contributed by atoms with E-state index in [-0.39, 0.29) is 11.8 Å². The summed E-state index contributed by atoms with van der Waals surface area (Å²) in [5, 5.41) is 4.95. The monoisotopic (exact) mass is 470 g/mol. The Kier molecular flexibility index (Phi) is 6.40. The van der Waals surface area contributed by atoms with Gasteiger partial charge in [-0.25, -0.2) is 8.42 Å². The Labute approximate surface area is 173 Å². The van der Waals surface area contributed by atoms with Crippen LogP contribution < -0.4 is 5.32 Å². The number of rotatable bonds is 5. The van der Waals surface area contributed by atoms with Crippen LogP contribution in [0, 0.1) is 19.8 Å². The van der Waals surface area contributed by atoms with Crippen molar-refractivity contribution >= 4 is 43.2 Å². The molecule has 0 radical (unpaired) electrons. The first-order valence-electron chi connectivity index (χ1n) is 8.85. The molecular weight excluding hydrogens is 448 g/mol. The zero-order chi connectivity index (χ0) is 19.6. The molecule has 1 aliphatic heterocycles. The summed E-state index contributed by atoms with van der Waals surface area (Å²) in [6.45, 7) is 5.13. The average molecular weight is 471 g/mol. The minimum absolute atomic E-state index is 0.00255. The molecule has 146 valence electrons. The van der Waals surface area contributed by atoms with E-state index in [1.807, 2.05) is 31.4 Å².